The lowest BCUT2D eigenvalue weighted by atomic mass is 9.88. The van der Waals surface area contributed by atoms with E-state index in [0.29, 0.717) is 0 Å². The van der Waals surface area contributed by atoms with Crippen LogP contribution in [0.25, 0.3) is 0 Å². The van der Waals surface area contributed by atoms with Gasteiger partial charge in [0.05, 0.1) is 11.3 Å². The fourth-order valence-corrected chi connectivity index (χ4v) is 4.49. The number of nitrogens with zero attached hydrogens (tertiary/aromatic N) is 2. The molecule has 1 aromatic rings. The molecule has 3 unspecified atom stereocenters. The molecule has 1 aromatic carbocycles. The van der Waals surface area contributed by atoms with Gasteiger partial charge in [-0.1, -0.05) is 28.4 Å². The van der Waals surface area contributed by atoms with Crippen LogP contribution in [0.4, 0.5) is 5.69 Å². The Kier molecular flexibility index (Phi) is 4.03. The number of halogens is 1. The highest BCUT2D eigenvalue weighted by molar-refractivity contribution is 9.08. The Balaban J connectivity index is 1.74. The number of benzene rings is 1. The van der Waals surface area contributed by atoms with Gasteiger partial charge in [0.1, 0.15) is 6.07 Å². The first kappa shape index (κ1) is 13.9. The van der Waals surface area contributed by atoms with Crippen molar-refractivity contribution in [3.05, 3.63) is 29.3 Å². The van der Waals surface area contributed by atoms with Crippen molar-refractivity contribution in [1.82, 2.24) is 0 Å². The zero-order chi connectivity index (χ0) is 14.1. The monoisotopic (exact) mass is 332 g/mol. The molecule has 0 radical (unpaired) electrons. The van der Waals surface area contributed by atoms with Crippen LogP contribution in [-0.4, -0.2) is 13.6 Å². The van der Waals surface area contributed by atoms with Gasteiger partial charge < -0.3 is 4.90 Å². The second-order valence-corrected chi connectivity index (χ2v) is 6.97. The van der Waals surface area contributed by atoms with Crippen molar-refractivity contribution >= 4 is 21.6 Å². The predicted molar refractivity (Wildman–Crippen MR) is 86.0 cm³/mol. The van der Waals surface area contributed by atoms with Crippen molar-refractivity contribution in [3.8, 4) is 6.07 Å². The third-order valence-electron chi connectivity index (χ3n) is 5.14. The summed E-state index contributed by atoms with van der Waals surface area (Å²) in [5, 5.41) is 10.2. The smallest absolute Gasteiger partial charge is 0.101 e. The molecule has 0 heterocycles. The van der Waals surface area contributed by atoms with E-state index in [2.05, 4.69) is 46.1 Å². The van der Waals surface area contributed by atoms with Crippen molar-refractivity contribution < 1.29 is 0 Å². The lowest BCUT2D eigenvalue weighted by Crippen LogP contribution is -2.29. The molecule has 2 bridgehead atoms. The van der Waals surface area contributed by atoms with Crippen molar-refractivity contribution in [2.24, 2.45) is 17.8 Å². The minimum atomic E-state index is 0.799. The quantitative estimate of drug-likeness (QED) is 0.767. The molecular formula is C17H21BrN2. The van der Waals surface area contributed by atoms with E-state index in [9.17, 15) is 5.26 Å². The number of nitriles is 1. The van der Waals surface area contributed by atoms with Gasteiger partial charge in [-0.15, -0.1) is 0 Å². The van der Waals surface area contributed by atoms with Gasteiger partial charge >= 0.3 is 0 Å². The third-order valence-corrected chi connectivity index (χ3v) is 5.79. The molecule has 2 nitrogen and oxygen atoms in total. The normalized spacial score (nSPS) is 27.6. The molecule has 3 rings (SSSR count). The first-order valence-electron chi connectivity index (χ1n) is 7.51. The van der Waals surface area contributed by atoms with Crippen molar-refractivity contribution in [3.63, 3.8) is 0 Å². The molecular weight excluding hydrogens is 312 g/mol. The maximum Gasteiger partial charge on any atom is 0.101 e. The average molecular weight is 333 g/mol. The number of hydrogen-bond acceptors (Lipinski definition) is 2. The molecule has 20 heavy (non-hydrogen) atoms. The van der Waals surface area contributed by atoms with Gasteiger partial charge in [0.2, 0.25) is 0 Å². The fraction of sp³-hybridized carbons (Fsp3) is 0.588. The molecule has 0 N–H and O–H groups in total. The SMILES string of the molecule is CN(CC1CC2CCC1C2)c1ccc(CBr)cc1C#N. The molecule has 106 valence electrons. The minimum absolute atomic E-state index is 0.799. The molecule has 2 aliphatic carbocycles. The van der Waals surface area contributed by atoms with Crippen LogP contribution in [0.3, 0.4) is 0 Å². The lowest BCUT2D eigenvalue weighted by Gasteiger charge is -2.29. The van der Waals surface area contributed by atoms with E-state index in [1.54, 1.807) is 0 Å². The number of fused-ring (bicyclic) bond motifs is 2. The van der Waals surface area contributed by atoms with Crippen molar-refractivity contribution in [1.29, 1.82) is 5.26 Å². The zero-order valence-corrected chi connectivity index (χ0v) is 13.6. The summed E-state index contributed by atoms with van der Waals surface area (Å²) in [5.41, 5.74) is 3.05. The molecule has 0 aliphatic heterocycles. The van der Waals surface area contributed by atoms with Gasteiger partial charge in [-0.3, -0.25) is 0 Å². The summed E-state index contributed by atoms with van der Waals surface area (Å²) in [6.07, 6.45) is 5.73. The summed E-state index contributed by atoms with van der Waals surface area (Å²) in [4.78, 5) is 2.29. The molecule has 3 atom stereocenters. The summed E-state index contributed by atoms with van der Waals surface area (Å²) in [5.74, 6) is 2.76. The molecule has 0 aromatic heterocycles. The maximum absolute atomic E-state index is 9.36. The Morgan fingerprint density at radius 3 is 2.80 bits per heavy atom. The van der Waals surface area contributed by atoms with Crippen LogP contribution in [-0.2, 0) is 5.33 Å². The summed E-state index contributed by atoms with van der Waals surface area (Å²) < 4.78 is 0. The molecule has 2 aliphatic rings. The Bertz CT molecular complexity index is 534. The van der Waals surface area contributed by atoms with E-state index < -0.39 is 0 Å². The van der Waals surface area contributed by atoms with Crippen LogP contribution < -0.4 is 4.90 Å². The number of anilines is 1. The Hall–Kier alpha value is -1.01. The van der Waals surface area contributed by atoms with Gasteiger partial charge in [-0.2, -0.15) is 5.26 Å². The summed E-state index contributed by atoms with van der Waals surface area (Å²) in [6.45, 7) is 1.10. The highest BCUT2D eigenvalue weighted by Crippen LogP contribution is 2.48. The van der Waals surface area contributed by atoms with E-state index in [0.717, 1.165) is 40.9 Å². The van der Waals surface area contributed by atoms with Crippen LogP contribution in [0.2, 0.25) is 0 Å². The second-order valence-electron chi connectivity index (χ2n) is 6.41. The summed E-state index contributed by atoms with van der Waals surface area (Å²) in [6, 6.07) is 8.56. The van der Waals surface area contributed by atoms with E-state index in [4.69, 9.17) is 0 Å². The predicted octanol–water partition coefficient (Wildman–Crippen LogP) is 4.33. The van der Waals surface area contributed by atoms with Crippen molar-refractivity contribution in [2.45, 2.75) is 31.0 Å². The minimum Gasteiger partial charge on any atom is -0.373 e. The number of alkyl halides is 1. The molecule has 0 spiro atoms. The van der Waals surface area contributed by atoms with Gasteiger partial charge in [0.15, 0.2) is 0 Å². The fourth-order valence-electron chi connectivity index (χ4n) is 4.14. The van der Waals surface area contributed by atoms with E-state index >= 15 is 0 Å². The molecule has 0 saturated heterocycles. The first-order chi connectivity index (χ1) is 9.71. The number of hydrogen-bond donors (Lipinski definition) is 0. The highest BCUT2D eigenvalue weighted by atomic mass is 79.9. The van der Waals surface area contributed by atoms with Crippen LogP contribution >= 0.6 is 15.9 Å². The Morgan fingerprint density at radius 1 is 1.35 bits per heavy atom. The van der Waals surface area contributed by atoms with E-state index in [1.165, 1.54) is 31.2 Å². The van der Waals surface area contributed by atoms with E-state index in [1.807, 2.05) is 6.07 Å². The Morgan fingerprint density at radius 2 is 2.20 bits per heavy atom. The topological polar surface area (TPSA) is 27.0 Å². The van der Waals surface area contributed by atoms with Crippen LogP contribution in [0.1, 0.15) is 36.8 Å². The van der Waals surface area contributed by atoms with Crippen LogP contribution in [0, 0.1) is 29.1 Å². The molecule has 2 fully saturated rings. The third kappa shape index (κ3) is 2.59. The lowest BCUT2D eigenvalue weighted by molar-refractivity contribution is 0.337. The maximum atomic E-state index is 9.36. The van der Waals surface area contributed by atoms with Crippen LogP contribution in [0.5, 0.6) is 0 Å². The first-order valence-corrected chi connectivity index (χ1v) is 8.63. The average Bonchev–Trinajstić information content (AvgIpc) is 3.09. The molecule has 0 amide bonds. The summed E-state index contributed by atoms with van der Waals surface area (Å²) in [7, 11) is 2.13. The standard InChI is InChI=1S/C17H21BrN2/c1-20(11-16-7-12-2-4-14(16)6-12)17-5-3-13(9-18)8-15(17)10-19/h3,5,8,12,14,16H,2,4,6-7,9,11H2,1H3. The van der Waals surface area contributed by atoms with Gasteiger partial charge in [-0.25, -0.2) is 0 Å². The molecule has 3 heteroatoms. The van der Waals surface area contributed by atoms with Crippen LogP contribution in [0.15, 0.2) is 18.2 Å². The molecule has 2 saturated carbocycles. The highest BCUT2D eigenvalue weighted by Gasteiger charge is 2.39. The van der Waals surface area contributed by atoms with Gasteiger partial charge in [0.25, 0.3) is 0 Å². The number of rotatable bonds is 4. The van der Waals surface area contributed by atoms with Crippen molar-refractivity contribution in [2.75, 3.05) is 18.5 Å². The largest absolute Gasteiger partial charge is 0.373 e. The van der Waals surface area contributed by atoms with Gasteiger partial charge in [0, 0.05) is 18.9 Å². The van der Waals surface area contributed by atoms with Gasteiger partial charge in [-0.05, 0) is 54.7 Å². The Labute approximate surface area is 129 Å². The second kappa shape index (κ2) is 5.77. The van der Waals surface area contributed by atoms with E-state index in [-0.39, 0.29) is 0 Å². The zero-order valence-electron chi connectivity index (χ0n) is 12.0. The summed E-state index contributed by atoms with van der Waals surface area (Å²) >= 11 is 3.45.